The lowest BCUT2D eigenvalue weighted by molar-refractivity contribution is 0.388. The number of nitrogens with zero attached hydrogens (tertiary/aromatic N) is 1. The summed E-state index contributed by atoms with van der Waals surface area (Å²) in [7, 11) is 0. The second-order valence-corrected chi connectivity index (χ2v) is 5.20. The molecular weight excluding hydrogens is 192 g/mol. The van der Waals surface area contributed by atoms with Gasteiger partial charge < -0.3 is 5.32 Å². The van der Waals surface area contributed by atoms with Crippen LogP contribution in [0.4, 0.5) is 0 Å². The highest BCUT2D eigenvalue weighted by Crippen LogP contribution is 2.27. The maximum Gasteiger partial charge on any atom is 0.109 e. The Labute approximate surface area is 89.8 Å². The van der Waals surface area contributed by atoms with Crippen molar-refractivity contribution in [2.75, 3.05) is 0 Å². The molecule has 0 spiro atoms. The molecule has 0 amide bonds. The molecule has 1 aliphatic rings. The van der Waals surface area contributed by atoms with Gasteiger partial charge in [-0.15, -0.1) is 11.3 Å². The van der Waals surface area contributed by atoms with E-state index in [4.69, 9.17) is 0 Å². The van der Waals surface area contributed by atoms with Gasteiger partial charge in [0.1, 0.15) is 5.01 Å². The van der Waals surface area contributed by atoms with Crippen LogP contribution in [0.25, 0.3) is 0 Å². The maximum absolute atomic E-state index is 4.34. The fraction of sp³-hybridized carbons (Fsp3) is 0.727. The summed E-state index contributed by atoms with van der Waals surface area (Å²) in [6, 6.07) is 1.12. The van der Waals surface area contributed by atoms with E-state index in [-0.39, 0.29) is 0 Å². The van der Waals surface area contributed by atoms with Gasteiger partial charge in [0.25, 0.3) is 0 Å². The summed E-state index contributed by atoms with van der Waals surface area (Å²) in [5, 5.41) is 6.94. The van der Waals surface area contributed by atoms with Crippen LogP contribution in [0.2, 0.25) is 0 Å². The summed E-state index contributed by atoms with van der Waals surface area (Å²) in [4.78, 5) is 4.34. The Balaban J connectivity index is 1.91. The molecule has 0 aromatic carbocycles. The van der Waals surface area contributed by atoms with Crippen molar-refractivity contribution in [2.45, 2.75) is 45.2 Å². The van der Waals surface area contributed by atoms with E-state index in [1.807, 2.05) is 11.6 Å². The summed E-state index contributed by atoms with van der Waals surface area (Å²) in [6.07, 6.45) is 5.97. The van der Waals surface area contributed by atoms with E-state index >= 15 is 0 Å². The van der Waals surface area contributed by atoms with Crippen LogP contribution in [-0.2, 0) is 0 Å². The van der Waals surface area contributed by atoms with Crippen molar-refractivity contribution in [1.82, 2.24) is 10.3 Å². The molecule has 2 rings (SSSR count). The van der Waals surface area contributed by atoms with Crippen molar-refractivity contribution in [3.05, 3.63) is 16.6 Å². The van der Waals surface area contributed by atoms with Gasteiger partial charge in [-0.3, -0.25) is 0 Å². The van der Waals surface area contributed by atoms with Gasteiger partial charge in [-0.25, -0.2) is 4.98 Å². The molecule has 1 N–H and O–H groups in total. The zero-order chi connectivity index (χ0) is 9.97. The Morgan fingerprint density at radius 3 is 3.00 bits per heavy atom. The number of nitrogens with one attached hydrogen (secondary N) is 1. The molecule has 0 radical (unpaired) electrons. The van der Waals surface area contributed by atoms with Crippen molar-refractivity contribution in [3.63, 3.8) is 0 Å². The summed E-state index contributed by atoms with van der Waals surface area (Å²) >= 11 is 1.74. The van der Waals surface area contributed by atoms with Crippen LogP contribution in [0, 0.1) is 5.92 Å². The van der Waals surface area contributed by atoms with Gasteiger partial charge in [0.2, 0.25) is 0 Å². The summed E-state index contributed by atoms with van der Waals surface area (Å²) in [6.45, 7) is 4.56. The van der Waals surface area contributed by atoms with Crippen LogP contribution in [0.1, 0.15) is 44.2 Å². The van der Waals surface area contributed by atoms with Crippen LogP contribution in [0.3, 0.4) is 0 Å². The van der Waals surface area contributed by atoms with Gasteiger partial charge in [-0.1, -0.05) is 13.3 Å². The largest absolute Gasteiger partial charge is 0.305 e. The fourth-order valence-corrected chi connectivity index (χ4v) is 2.89. The molecule has 3 heteroatoms. The quantitative estimate of drug-likeness (QED) is 0.829. The molecule has 0 saturated heterocycles. The first-order chi connectivity index (χ1) is 6.77. The first kappa shape index (κ1) is 10.1. The molecule has 3 atom stereocenters. The minimum atomic E-state index is 0.417. The van der Waals surface area contributed by atoms with Crippen LogP contribution in [0.15, 0.2) is 11.6 Å². The van der Waals surface area contributed by atoms with Crippen LogP contribution < -0.4 is 5.32 Å². The van der Waals surface area contributed by atoms with Crippen LogP contribution >= 0.6 is 11.3 Å². The highest BCUT2D eigenvalue weighted by molar-refractivity contribution is 7.09. The van der Waals surface area contributed by atoms with E-state index in [1.54, 1.807) is 11.3 Å². The van der Waals surface area contributed by atoms with Crippen molar-refractivity contribution in [3.8, 4) is 0 Å². The van der Waals surface area contributed by atoms with E-state index in [0.29, 0.717) is 12.1 Å². The molecule has 1 aliphatic carbocycles. The zero-order valence-corrected chi connectivity index (χ0v) is 9.68. The second-order valence-electron chi connectivity index (χ2n) is 4.27. The molecule has 1 saturated carbocycles. The topological polar surface area (TPSA) is 24.9 Å². The highest BCUT2D eigenvalue weighted by atomic mass is 32.1. The third-order valence-electron chi connectivity index (χ3n) is 3.15. The monoisotopic (exact) mass is 210 g/mol. The molecule has 0 bridgehead atoms. The Hall–Kier alpha value is -0.410. The number of rotatable bonds is 3. The van der Waals surface area contributed by atoms with E-state index in [0.717, 1.165) is 5.92 Å². The van der Waals surface area contributed by atoms with Gasteiger partial charge >= 0.3 is 0 Å². The first-order valence-electron chi connectivity index (χ1n) is 5.43. The Morgan fingerprint density at radius 1 is 1.57 bits per heavy atom. The SMILES string of the molecule is CC(NC1CCCC1C)c1nccs1. The third kappa shape index (κ3) is 2.15. The lowest BCUT2D eigenvalue weighted by Gasteiger charge is -2.21. The molecular formula is C11H18N2S. The molecule has 3 unspecified atom stereocenters. The Bertz CT molecular complexity index is 271. The van der Waals surface area contributed by atoms with Gasteiger partial charge in [-0.05, 0) is 25.7 Å². The second kappa shape index (κ2) is 4.41. The minimum absolute atomic E-state index is 0.417. The standard InChI is InChI=1S/C11H18N2S/c1-8-4-3-5-10(8)13-9(2)11-12-6-7-14-11/h6-10,13H,3-5H2,1-2H3. The van der Waals surface area contributed by atoms with E-state index in [9.17, 15) is 0 Å². The Kier molecular flexibility index (Phi) is 3.19. The third-order valence-corrected chi connectivity index (χ3v) is 4.11. The fourth-order valence-electron chi connectivity index (χ4n) is 2.23. The minimum Gasteiger partial charge on any atom is -0.305 e. The number of hydrogen-bond acceptors (Lipinski definition) is 3. The van der Waals surface area contributed by atoms with E-state index in [2.05, 4.69) is 24.1 Å². The van der Waals surface area contributed by atoms with Crippen molar-refractivity contribution in [1.29, 1.82) is 0 Å². The summed E-state index contributed by atoms with van der Waals surface area (Å²) < 4.78 is 0. The van der Waals surface area contributed by atoms with Gasteiger partial charge in [0, 0.05) is 17.6 Å². The van der Waals surface area contributed by atoms with Crippen LogP contribution in [-0.4, -0.2) is 11.0 Å². The van der Waals surface area contributed by atoms with Gasteiger partial charge in [0.05, 0.1) is 6.04 Å². The molecule has 14 heavy (non-hydrogen) atoms. The summed E-state index contributed by atoms with van der Waals surface area (Å²) in [5.74, 6) is 0.831. The molecule has 1 heterocycles. The molecule has 1 aromatic heterocycles. The molecule has 0 aliphatic heterocycles. The maximum atomic E-state index is 4.34. The first-order valence-corrected chi connectivity index (χ1v) is 6.31. The lowest BCUT2D eigenvalue weighted by Crippen LogP contribution is -2.33. The summed E-state index contributed by atoms with van der Waals surface area (Å²) in [5.41, 5.74) is 0. The average Bonchev–Trinajstić information content (AvgIpc) is 2.77. The van der Waals surface area contributed by atoms with Crippen LogP contribution in [0.5, 0.6) is 0 Å². The predicted molar refractivity (Wildman–Crippen MR) is 60.5 cm³/mol. The van der Waals surface area contributed by atoms with Crippen molar-refractivity contribution < 1.29 is 0 Å². The molecule has 78 valence electrons. The average molecular weight is 210 g/mol. The normalized spacial score (nSPS) is 29.3. The van der Waals surface area contributed by atoms with Crippen molar-refractivity contribution in [2.24, 2.45) is 5.92 Å². The lowest BCUT2D eigenvalue weighted by atomic mass is 10.1. The van der Waals surface area contributed by atoms with Gasteiger partial charge in [0.15, 0.2) is 0 Å². The van der Waals surface area contributed by atoms with E-state index in [1.165, 1.54) is 24.3 Å². The molecule has 1 aromatic rings. The predicted octanol–water partition coefficient (Wildman–Crippen LogP) is 2.98. The zero-order valence-electron chi connectivity index (χ0n) is 8.86. The van der Waals surface area contributed by atoms with Crippen molar-refractivity contribution >= 4 is 11.3 Å². The number of hydrogen-bond donors (Lipinski definition) is 1. The molecule has 2 nitrogen and oxygen atoms in total. The number of aromatic nitrogens is 1. The molecule has 1 fully saturated rings. The number of thiazole rings is 1. The van der Waals surface area contributed by atoms with Gasteiger partial charge in [-0.2, -0.15) is 0 Å². The Morgan fingerprint density at radius 2 is 2.43 bits per heavy atom. The van der Waals surface area contributed by atoms with E-state index < -0.39 is 0 Å². The smallest absolute Gasteiger partial charge is 0.109 e. The highest BCUT2D eigenvalue weighted by Gasteiger charge is 2.25.